The highest BCUT2D eigenvalue weighted by atomic mass is 16.3. The Morgan fingerprint density at radius 3 is 2.85 bits per heavy atom. The van der Waals surface area contributed by atoms with Gasteiger partial charge < -0.3 is 15.5 Å². The molecule has 5 heteroatoms. The molecule has 0 aromatic carbocycles. The lowest BCUT2D eigenvalue weighted by Gasteiger charge is -2.08. The molecule has 5 nitrogen and oxygen atoms in total. The van der Waals surface area contributed by atoms with Crippen molar-refractivity contribution in [3.63, 3.8) is 0 Å². The lowest BCUT2D eigenvalue weighted by Crippen LogP contribution is -2.23. The Morgan fingerprint density at radius 1 is 1.69 bits per heavy atom. The Labute approximate surface area is 77.0 Å². The number of nitrogens with one attached hydrogen (secondary N) is 1. The lowest BCUT2D eigenvalue weighted by molar-refractivity contribution is 0.105. The minimum atomic E-state index is -0.723. The molecule has 0 amide bonds. The predicted molar refractivity (Wildman–Crippen MR) is 49.5 cm³/mol. The van der Waals surface area contributed by atoms with E-state index in [0.717, 1.165) is 11.4 Å². The maximum Gasteiger partial charge on any atom is 0.0942 e. The zero-order valence-corrected chi connectivity index (χ0v) is 7.86. The number of aliphatic hydroxyl groups is 2. The van der Waals surface area contributed by atoms with E-state index < -0.39 is 6.10 Å². The maximum atomic E-state index is 9.08. The Hall–Kier alpha value is -1.07. The van der Waals surface area contributed by atoms with E-state index in [1.807, 2.05) is 20.2 Å². The Balaban J connectivity index is 2.49. The molecule has 13 heavy (non-hydrogen) atoms. The van der Waals surface area contributed by atoms with Crippen LogP contribution in [0.4, 0.5) is 5.69 Å². The zero-order valence-electron chi connectivity index (χ0n) is 7.86. The summed E-state index contributed by atoms with van der Waals surface area (Å²) in [5, 5.41) is 24.8. The van der Waals surface area contributed by atoms with E-state index in [-0.39, 0.29) is 6.61 Å². The number of hydrogen-bond acceptors (Lipinski definition) is 4. The summed E-state index contributed by atoms with van der Waals surface area (Å²) in [5.74, 6) is 0. The smallest absolute Gasteiger partial charge is 0.0942 e. The van der Waals surface area contributed by atoms with Crippen LogP contribution >= 0.6 is 0 Å². The highest BCUT2D eigenvalue weighted by Gasteiger charge is 2.05. The third-order valence-electron chi connectivity index (χ3n) is 1.75. The molecule has 0 aliphatic rings. The molecule has 0 aliphatic carbocycles. The minimum absolute atomic E-state index is 0.230. The van der Waals surface area contributed by atoms with E-state index in [2.05, 4.69) is 10.4 Å². The van der Waals surface area contributed by atoms with Gasteiger partial charge in [0.25, 0.3) is 0 Å². The molecule has 1 atom stereocenters. The molecule has 74 valence electrons. The van der Waals surface area contributed by atoms with Crippen molar-refractivity contribution in [2.24, 2.45) is 7.05 Å². The Bertz CT molecular complexity index is 272. The van der Waals surface area contributed by atoms with Crippen LogP contribution in [0.25, 0.3) is 0 Å². The summed E-state index contributed by atoms with van der Waals surface area (Å²) in [6.45, 7) is 1.99. The molecule has 1 rings (SSSR count). The summed E-state index contributed by atoms with van der Waals surface area (Å²) < 4.78 is 1.70. The van der Waals surface area contributed by atoms with Crippen molar-refractivity contribution in [3.05, 3.63) is 11.9 Å². The summed E-state index contributed by atoms with van der Waals surface area (Å²) in [6, 6.07) is 0. The molecule has 0 radical (unpaired) electrons. The Kier molecular flexibility index (Phi) is 3.27. The van der Waals surface area contributed by atoms with Gasteiger partial charge in [-0.25, -0.2) is 0 Å². The fraction of sp³-hybridized carbons (Fsp3) is 0.625. The normalized spacial score (nSPS) is 12.9. The fourth-order valence-electron chi connectivity index (χ4n) is 1.07. The van der Waals surface area contributed by atoms with E-state index in [4.69, 9.17) is 10.2 Å². The highest BCUT2D eigenvalue weighted by molar-refractivity contribution is 5.45. The number of aromatic nitrogens is 2. The molecule has 0 saturated heterocycles. The quantitative estimate of drug-likeness (QED) is 0.591. The molecule has 0 fully saturated rings. The molecular weight excluding hydrogens is 170 g/mol. The average Bonchev–Trinajstić information content (AvgIpc) is 2.41. The number of hydrogen-bond donors (Lipinski definition) is 3. The van der Waals surface area contributed by atoms with Gasteiger partial charge in [0.05, 0.1) is 24.1 Å². The van der Waals surface area contributed by atoms with Gasteiger partial charge in [-0.1, -0.05) is 0 Å². The number of aryl methyl sites for hydroxylation is 2. The van der Waals surface area contributed by atoms with Gasteiger partial charge in [-0.05, 0) is 6.92 Å². The SMILES string of the molecule is Cc1nn(C)cc1NC[C@H](O)CO. The summed E-state index contributed by atoms with van der Waals surface area (Å²) in [5.41, 5.74) is 1.77. The molecule has 0 bridgehead atoms. The predicted octanol–water partition coefficient (Wildman–Crippen LogP) is -0.506. The third-order valence-corrected chi connectivity index (χ3v) is 1.75. The van der Waals surface area contributed by atoms with Crippen LogP contribution in [0.15, 0.2) is 6.20 Å². The first kappa shape index (κ1) is 10.0. The van der Waals surface area contributed by atoms with Gasteiger partial charge in [0.15, 0.2) is 0 Å². The van der Waals surface area contributed by atoms with E-state index in [1.165, 1.54) is 0 Å². The van der Waals surface area contributed by atoms with Gasteiger partial charge in [0, 0.05) is 19.8 Å². The topological polar surface area (TPSA) is 70.3 Å². The van der Waals surface area contributed by atoms with Crippen LogP contribution in [-0.4, -0.2) is 39.2 Å². The Morgan fingerprint density at radius 2 is 2.38 bits per heavy atom. The van der Waals surface area contributed by atoms with Crippen molar-refractivity contribution in [3.8, 4) is 0 Å². The van der Waals surface area contributed by atoms with Gasteiger partial charge in [-0.2, -0.15) is 5.10 Å². The molecule has 0 aliphatic heterocycles. The van der Waals surface area contributed by atoms with E-state index >= 15 is 0 Å². The number of rotatable bonds is 4. The van der Waals surface area contributed by atoms with Gasteiger partial charge in [-0.15, -0.1) is 0 Å². The third kappa shape index (κ3) is 2.71. The molecule has 1 heterocycles. The van der Waals surface area contributed by atoms with E-state index in [0.29, 0.717) is 6.54 Å². The van der Waals surface area contributed by atoms with E-state index in [1.54, 1.807) is 4.68 Å². The van der Waals surface area contributed by atoms with Crippen LogP contribution in [0.3, 0.4) is 0 Å². The second-order valence-electron chi connectivity index (χ2n) is 3.02. The average molecular weight is 185 g/mol. The van der Waals surface area contributed by atoms with Gasteiger partial charge in [0.2, 0.25) is 0 Å². The first-order valence-corrected chi connectivity index (χ1v) is 4.16. The first-order valence-electron chi connectivity index (χ1n) is 4.16. The molecule has 0 spiro atoms. The van der Waals surface area contributed by atoms with Gasteiger partial charge in [0.1, 0.15) is 0 Å². The summed E-state index contributed by atoms with van der Waals surface area (Å²) in [7, 11) is 1.83. The molecule has 1 aromatic heterocycles. The zero-order chi connectivity index (χ0) is 9.84. The van der Waals surface area contributed by atoms with Crippen molar-refractivity contribution in [1.29, 1.82) is 0 Å². The van der Waals surface area contributed by atoms with Crippen LogP contribution in [0.1, 0.15) is 5.69 Å². The van der Waals surface area contributed by atoms with E-state index in [9.17, 15) is 0 Å². The minimum Gasteiger partial charge on any atom is -0.394 e. The molecule has 3 N–H and O–H groups in total. The highest BCUT2D eigenvalue weighted by Crippen LogP contribution is 2.10. The second-order valence-corrected chi connectivity index (χ2v) is 3.02. The van der Waals surface area contributed by atoms with Crippen molar-refractivity contribution < 1.29 is 10.2 Å². The molecular formula is C8H15N3O2. The van der Waals surface area contributed by atoms with Crippen LogP contribution in [0.5, 0.6) is 0 Å². The number of aliphatic hydroxyl groups excluding tert-OH is 2. The van der Waals surface area contributed by atoms with Gasteiger partial charge in [-0.3, -0.25) is 4.68 Å². The fourth-order valence-corrected chi connectivity index (χ4v) is 1.07. The molecule has 0 saturated carbocycles. The lowest BCUT2D eigenvalue weighted by atomic mass is 10.3. The van der Waals surface area contributed by atoms with Crippen LogP contribution < -0.4 is 5.32 Å². The summed E-state index contributed by atoms with van der Waals surface area (Å²) in [4.78, 5) is 0. The van der Waals surface area contributed by atoms with Crippen molar-refractivity contribution in [2.75, 3.05) is 18.5 Å². The second kappa shape index (κ2) is 4.25. The largest absolute Gasteiger partial charge is 0.394 e. The van der Waals surface area contributed by atoms with Crippen molar-refractivity contribution >= 4 is 5.69 Å². The first-order chi connectivity index (χ1) is 6.13. The standard InChI is InChI=1S/C8H15N3O2/c1-6-8(4-11(2)10-6)9-3-7(13)5-12/h4,7,9,12-13H,3,5H2,1-2H3/t7-/m0/s1. The maximum absolute atomic E-state index is 9.08. The number of anilines is 1. The van der Waals surface area contributed by atoms with Crippen molar-refractivity contribution in [2.45, 2.75) is 13.0 Å². The van der Waals surface area contributed by atoms with Crippen molar-refractivity contribution in [1.82, 2.24) is 9.78 Å². The summed E-state index contributed by atoms with van der Waals surface area (Å²) >= 11 is 0. The monoisotopic (exact) mass is 185 g/mol. The summed E-state index contributed by atoms with van der Waals surface area (Å²) in [6.07, 6.45) is 1.11. The van der Waals surface area contributed by atoms with Gasteiger partial charge >= 0.3 is 0 Å². The molecule has 1 aromatic rings. The van der Waals surface area contributed by atoms with Crippen LogP contribution in [0, 0.1) is 6.92 Å². The number of nitrogens with zero attached hydrogens (tertiary/aromatic N) is 2. The molecule has 0 unspecified atom stereocenters. The van der Waals surface area contributed by atoms with Crippen LogP contribution in [-0.2, 0) is 7.05 Å². The van der Waals surface area contributed by atoms with Crippen LogP contribution in [0.2, 0.25) is 0 Å².